The van der Waals surface area contributed by atoms with E-state index >= 15 is 0 Å². The zero-order valence-electron chi connectivity index (χ0n) is 26.9. The standard InChI is InChI=1S/C33H39N7O7/c1-7-30(42)46-13-11-39(12-14-47-31(43)8-2)25-9-10-27(28(18-25)36-29(41)15-22(3)19-33(4,5)6)37-38-32-23(20-34)16-26(40(44)45)17-24(32)21-35/h7-10,16-18,22,37-38H,1-2,11-15,19H2,3-6H3,(H,36,41). The highest BCUT2D eigenvalue weighted by Crippen LogP contribution is 2.32. The number of hydrazine groups is 1. The lowest BCUT2D eigenvalue weighted by Crippen LogP contribution is -2.32. The predicted octanol–water partition coefficient (Wildman–Crippen LogP) is 5.44. The number of amides is 1. The van der Waals surface area contributed by atoms with Crippen molar-refractivity contribution in [1.82, 2.24) is 0 Å². The van der Waals surface area contributed by atoms with Gasteiger partial charge in [-0.2, -0.15) is 10.5 Å². The minimum atomic E-state index is -0.700. The SMILES string of the molecule is C=CC(=O)OCCN(CCOC(=O)C=C)c1ccc(NNc2c(C#N)cc([N+](=O)[O-])cc2C#N)c(NC(=O)CC(C)CC(C)(C)C)c1. The van der Waals surface area contributed by atoms with Crippen LogP contribution in [0.1, 0.15) is 51.7 Å². The number of non-ortho nitro benzene ring substituents is 1. The Morgan fingerprint density at radius 2 is 1.53 bits per heavy atom. The number of hydrogen-bond donors (Lipinski definition) is 3. The number of carbonyl (C=O) groups is 3. The maximum atomic E-state index is 13.2. The summed E-state index contributed by atoms with van der Waals surface area (Å²) >= 11 is 0. The number of carbonyl (C=O) groups excluding carboxylic acids is 3. The zero-order valence-corrected chi connectivity index (χ0v) is 26.9. The molecular formula is C33H39N7O7. The molecule has 2 aromatic rings. The van der Waals surface area contributed by atoms with Crippen molar-refractivity contribution in [2.75, 3.05) is 47.4 Å². The third-order valence-electron chi connectivity index (χ3n) is 6.58. The van der Waals surface area contributed by atoms with Crippen LogP contribution in [-0.2, 0) is 23.9 Å². The Kier molecular flexibility index (Phi) is 13.9. The van der Waals surface area contributed by atoms with Gasteiger partial charge in [-0.3, -0.25) is 25.8 Å². The van der Waals surface area contributed by atoms with Crippen molar-refractivity contribution in [1.29, 1.82) is 10.5 Å². The third-order valence-corrected chi connectivity index (χ3v) is 6.58. The number of rotatable bonds is 17. The van der Waals surface area contributed by atoms with Crippen molar-refractivity contribution in [3.05, 3.63) is 76.9 Å². The van der Waals surface area contributed by atoms with Crippen molar-refractivity contribution in [3.63, 3.8) is 0 Å². The maximum Gasteiger partial charge on any atom is 0.330 e. The maximum absolute atomic E-state index is 13.2. The molecule has 0 bridgehead atoms. The third kappa shape index (κ3) is 12.2. The van der Waals surface area contributed by atoms with Crippen LogP contribution in [0.3, 0.4) is 0 Å². The zero-order chi connectivity index (χ0) is 35.1. The molecule has 0 saturated carbocycles. The van der Waals surface area contributed by atoms with Gasteiger partial charge in [0.1, 0.15) is 25.4 Å². The van der Waals surface area contributed by atoms with Gasteiger partial charge in [0.2, 0.25) is 5.91 Å². The summed E-state index contributed by atoms with van der Waals surface area (Å²) < 4.78 is 10.3. The van der Waals surface area contributed by atoms with E-state index in [1.165, 1.54) is 0 Å². The summed E-state index contributed by atoms with van der Waals surface area (Å²) in [5.41, 5.74) is 6.25. The van der Waals surface area contributed by atoms with Gasteiger partial charge in [0.15, 0.2) is 0 Å². The first-order valence-corrected chi connectivity index (χ1v) is 14.6. The number of nitrogens with zero attached hydrogens (tertiary/aromatic N) is 4. The summed E-state index contributed by atoms with van der Waals surface area (Å²) in [6, 6.07) is 10.8. The van der Waals surface area contributed by atoms with Gasteiger partial charge in [-0.25, -0.2) is 9.59 Å². The molecule has 47 heavy (non-hydrogen) atoms. The minimum absolute atomic E-state index is 0.00967. The Bertz CT molecular complexity index is 1520. The van der Waals surface area contributed by atoms with Crippen LogP contribution in [0.5, 0.6) is 0 Å². The number of nitro groups is 1. The van der Waals surface area contributed by atoms with Crippen molar-refractivity contribution in [2.24, 2.45) is 11.3 Å². The highest BCUT2D eigenvalue weighted by Gasteiger charge is 2.21. The highest BCUT2D eigenvalue weighted by atomic mass is 16.6. The fourth-order valence-corrected chi connectivity index (χ4v) is 4.75. The van der Waals surface area contributed by atoms with E-state index in [9.17, 15) is 35.0 Å². The molecule has 0 aliphatic carbocycles. The number of benzene rings is 2. The van der Waals surface area contributed by atoms with Gasteiger partial charge in [-0.1, -0.05) is 40.9 Å². The summed E-state index contributed by atoms with van der Waals surface area (Å²) in [7, 11) is 0. The molecule has 2 aromatic carbocycles. The molecule has 1 unspecified atom stereocenters. The molecule has 14 nitrogen and oxygen atoms in total. The second-order valence-corrected chi connectivity index (χ2v) is 11.7. The van der Waals surface area contributed by atoms with Gasteiger partial charge >= 0.3 is 11.9 Å². The number of nitriles is 2. The minimum Gasteiger partial charge on any atom is -0.461 e. The molecule has 0 saturated heterocycles. The normalized spacial score (nSPS) is 11.1. The first kappa shape index (κ1) is 37.3. The van der Waals surface area contributed by atoms with Gasteiger partial charge in [0.05, 0.1) is 46.2 Å². The van der Waals surface area contributed by atoms with Gasteiger partial charge in [-0.15, -0.1) is 0 Å². The van der Waals surface area contributed by atoms with Gasteiger partial charge in [0, 0.05) is 36.4 Å². The number of nitrogens with one attached hydrogen (secondary N) is 3. The molecule has 0 spiro atoms. The van der Waals surface area contributed by atoms with Crippen LogP contribution in [-0.4, -0.2) is 49.1 Å². The molecule has 0 heterocycles. The van der Waals surface area contributed by atoms with Crippen LogP contribution in [0.25, 0.3) is 0 Å². The first-order chi connectivity index (χ1) is 22.2. The fraction of sp³-hybridized carbons (Fsp3) is 0.364. The number of ether oxygens (including phenoxy) is 2. The lowest BCUT2D eigenvalue weighted by Gasteiger charge is -2.26. The van der Waals surface area contributed by atoms with Crippen LogP contribution in [0.2, 0.25) is 0 Å². The number of nitro benzene ring substituents is 1. The largest absolute Gasteiger partial charge is 0.461 e. The molecule has 0 aliphatic rings. The highest BCUT2D eigenvalue weighted by molar-refractivity contribution is 5.95. The average molecular weight is 646 g/mol. The van der Waals surface area contributed by atoms with E-state index in [2.05, 4.69) is 50.1 Å². The average Bonchev–Trinajstić information content (AvgIpc) is 3.01. The van der Waals surface area contributed by atoms with E-state index in [0.29, 0.717) is 17.1 Å². The monoisotopic (exact) mass is 645 g/mol. The number of anilines is 4. The van der Waals surface area contributed by atoms with Crippen LogP contribution < -0.4 is 21.1 Å². The Morgan fingerprint density at radius 1 is 0.979 bits per heavy atom. The molecule has 3 N–H and O–H groups in total. The Hall–Kier alpha value is -5.89. The van der Waals surface area contributed by atoms with E-state index in [1.807, 2.05) is 19.1 Å². The molecule has 0 aromatic heterocycles. The van der Waals surface area contributed by atoms with Crippen LogP contribution in [0, 0.1) is 44.1 Å². The summed E-state index contributed by atoms with van der Waals surface area (Å²) in [6.45, 7) is 15.4. The van der Waals surface area contributed by atoms with E-state index in [-0.39, 0.29) is 66.8 Å². The quantitative estimate of drug-likeness (QED) is 0.0852. The molecule has 14 heteroatoms. The van der Waals surface area contributed by atoms with E-state index in [1.54, 1.807) is 23.1 Å². The topological polar surface area (TPSA) is 200 Å². The first-order valence-electron chi connectivity index (χ1n) is 14.6. The van der Waals surface area contributed by atoms with Crippen LogP contribution in [0.15, 0.2) is 55.6 Å². The second-order valence-electron chi connectivity index (χ2n) is 11.7. The number of esters is 2. The molecule has 0 aliphatic heterocycles. The van der Waals surface area contributed by atoms with Crippen molar-refractivity contribution < 1.29 is 28.8 Å². The van der Waals surface area contributed by atoms with Gasteiger partial charge in [0.25, 0.3) is 5.69 Å². The van der Waals surface area contributed by atoms with Crippen molar-refractivity contribution in [3.8, 4) is 12.1 Å². The molecule has 2 rings (SSSR count). The predicted molar refractivity (Wildman–Crippen MR) is 177 cm³/mol. The van der Waals surface area contributed by atoms with E-state index < -0.39 is 22.5 Å². The molecule has 0 fully saturated rings. The molecule has 1 amide bonds. The summed E-state index contributed by atoms with van der Waals surface area (Å²) in [6.07, 6.45) is 3.12. The summed E-state index contributed by atoms with van der Waals surface area (Å²) in [5, 5.41) is 33.5. The Labute approximate surface area is 273 Å². The van der Waals surface area contributed by atoms with Crippen LogP contribution in [0.4, 0.5) is 28.4 Å². The van der Waals surface area contributed by atoms with Crippen molar-refractivity contribution in [2.45, 2.75) is 40.5 Å². The molecule has 0 radical (unpaired) electrons. The molecule has 1 atom stereocenters. The Morgan fingerprint density at radius 3 is 2.00 bits per heavy atom. The van der Waals surface area contributed by atoms with E-state index in [0.717, 1.165) is 30.7 Å². The molecule has 248 valence electrons. The lowest BCUT2D eigenvalue weighted by molar-refractivity contribution is -0.384. The second kappa shape index (κ2) is 17.6. The van der Waals surface area contributed by atoms with Crippen LogP contribution >= 0.6 is 0 Å². The van der Waals surface area contributed by atoms with Crippen molar-refractivity contribution >= 4 is 46.3 Å². The van der Waals surface area contributed by atoms with Gasteiger partial charge < -0.3 is 19.7 Å². The van der Waals surface area contributed by atoms with E-state index in [4.69, 9.17) is 9.47 Å². The number of hydrogen-bond acceptors (Lipinski definition) is 12. The molecular weight excluding hydrogens is 606 g/mol. The smallest absolute Gasteiger partial charge is 0.330 e. The van der Waals surface area contributed by atoms with Gasteiger partial charge in [-0.05, 0) is 36.0 Å². The summed E-state index contributed by atoms with van der Waals surface area (Å²) in [4.78, 5) is 48.8. The fourth-order valence-electron chi connectivity index (χ4n) is 4.75. The summed E-state index contributed by atoms with van der Waals surface area (Å²) in [5.74, 6) is -1.41. The lowest BCUT2D eigenvalue weighted by atomic mass is 9.84. The Balaban J connectivity index is 2.48.